The van der Waals surface area contributed by atoms with Gasteiger partial charge in [0, 0.05) is 30.3 Å². The molecule has 162 valence electrons. The molecule has 0 radical (unpaired) electrons. The van der Waals surface area contributed by atoms with Gasteiger partial charge in [0.25, 0.3) is 5.91 Å². The van der Waals surface area contributed by atoms with Gasteiger partial charge in [-0.1, -0.05) is 6.07 Å². The zero-order valence-corrected chi connectivity index (χ0v) is 16.3. The Morgan fingerprint density at radius 1 is 1.13 bits per heavy atom. The maximum Gasteiger partial charge on any atom is 0.433 e. The summed E-state index contributed by atoms with van der Waals surface area (Å²) in [5.41, 5.74) is 10.5. The number of primary amides is 1. The molecule has 8 nitrogen and oxygen atoms in total. The van der Waals surface area contributed by atoms with Crippen molar-refractivity contribution in [2.24, 2.45) is 11.5 Å². The van der Waals surface area contributed by atoms with Crippen molar-refractivity contribution < 1.29 is 22.7 Å². The fraction of sp³-hybridized carbons (Fsp3) is 0.200. The van der Waals surface area contributed by atoms with E-state index < -0.39 is 17.8 Å². The van der Waals surface area contributed by atoms with E-state index in [9.17, 15) is 18.0 Å². The largest absolute Gasteiger partial charge is 0.439 e. The lowest BCUT2D eigenvalue weighted by atomic mass is 10.2. The Hall–Kier alpha value is -3.73. The lowest BCUT2D eigenvalue weighted by Crippen LogP contribution is -2.26. The van der Waals surface area contributed by atoms with E-state index in [1.54, 1.807) is 12.1 Å². The smallest absolute Gasteiger partial charge is 0.433 e. The molecule has 31 heavy (non-hydrogen) atoms. The third-order valence-corrected chi connectivity index (χ3v) is 4.08. The molecule has 0 aliphatic heterocycles. The number of carbonyl (C=O) groups is 1. The van der Waals surface area contributed by atoms with E-state index in [1.807, 2.05) is 6.92 Å². The van der Waals surface area contributed by atoms with Gasteiger partial charge in [-0.15, -0.1) is 0 Å². The van der Waals surface area contributed by atoms with Crippen molar-refractivity contribution in [1.29, 1.82) is 0 Å². The number of anilines is 1. The second kappa shape index (κ2) is 8.96. The van der Waals surface area contributed by atoms with E-state index in [1.165, 1.54) is 30.3 Å². The molecule has 0 aliphatic rings. The molecule has 5 N–H and O–H groups in total. The Morgan fingerprint density at radius 3 is 2.45 bits per heavy atom. The molecule has 3 rings (SSSR count). The van der Waals surface area contributed by atoms with Crippen LogP contribution in [0.4, 0.5) is 19.0 Å². The number of nitrogens with one attached hydrogen (secondary N) is 1. The van der Waals surface area contributed by atoms with Gasteiger partial charge in [-0.2, -0.15) is 13.2 Å². The maximum absolute atomic E-state index is 12.8. The predicted octanol–water partition coefficient (Wildman–Crippen LogP) is 3.21. The zero-order chi connectivity index (χ0) is 22.6. The van der Waals surface area contributed by atoms with Crippen molar-refractivity contribution in [3.8, 4) is 23.0 Å². The molecular weight excluding hydrogens is 413 g/mol. The summed E-state index contributed by atoms with van der Waals surface area (Å²) in [6.07, 6.45) is -4.57. The lowest BCUT2D eigenvalue weighted by Gasteiger charge is -2.14. The van der Waals surface area contributed by atoms with Gasteiger partial charge < -0.3 is 21.5 Å². The van der Waals surface area contributed by atoms with Gasteiger partial charge in [-0.25, -0.2) is 15.0 Å². The Labute approximate surface area is 175 Å². The van der Waals surface area contributed by atoms with E-state index in [2.05, 4.69) is 20.3 Å². The summed E-state index contributed by atoms with van der Waals surface area (Å²) in [7, 11) is 0. The van der Waals surface area contributed by atoms with Gasteiger partial charge in [-0.05, 0) is 37.3 Å². The average molecular weight is 432 g/mol. The number of pyridine rings is 1. The number of benzene rings is 1. The number of hydrogen-bond donors (Lipinski definition) is 3. The number of rotatable bonds is 7. The van der Waals surface area contributed by atoms with Crippen LogP contribution in [0.1, 0.15) is 23.1 Å². The fourth-order valence-corrected chi connectivity index (χ4v) is 2.51. The molecular formula is C20H19F3N6O2. The molecule has 0 spiro atoms. The van der Waals surface area contributed by atoms with Crippen LogP contribution in [0, 0.1) is 0 Å². The molecule has 2 heterocycles. The van der Waals surface area contributed by atoms with Crippen molar-refractivity contribution in [3.05, 3.63) is 59.9 Å². The molecule has 1 aromatic carbocycles. The Kier molecular flexibility index (Phi) is 6.35. The third-order valence-electron chi connectivity index (χ3n) is 4.08. The van der Waals surface area contributed by atoms with Crippen molar-refractivity contribution in [2.45, 2.75) is 19.1 Å². The van der Waals surface area contributed by atoms with Crippen molar-refractivity contribution in [2.75, 3.05) is 11.9 Å². The van der Waals surface area contributed by atoms with Gasteiger partial charge in [-0.3, -0.25) is 4.79 Å². The number of alkyl halides is 3. The molecule has 3 aromatic rings. The molecule has 0 saturated heterocycles. The zero-order valence-electron chi connectivity index (χ0n) is 16.3. The summed E-state index contributed by atoms with van der Waals surface area (Å²) in [5.74, 6) is -0.0479. The molecule has 0 saturated carbocycles. The topological polar surface area (TPSA) is 129 Å². The molecule has 0 fully saturated rings. The number of hydrogen-bond acceptors (Lipinski definition) is 7. The van der Waals surface area contributed by atoms with Crippen LogP contribution in [-0.2, 0) is 6.18 Å². The van der Waals surface area contributed by atoms with Crippen molar-refractivity contribution >= 4 is 11.7 Å². The average Bonchev–Trinajstić information content (AvgIpc) is 2.73. The normalized spacial score (nSPS) is 12.3. The number of nitrogens with zero attached hydrogens (tertiary/aromatic N) is 3. The van der Waals surface area contributed by atoms with Gasteiger partial charge in [0.1, 0.15) is 23.0 Å². The predicted molar refractivity (Wildman–Crippen MR) is 107 cm³/mol. The first-order valence-electron chi connectivity index (χ1n) is 9.13. The Bertz CT molecular complexity index is 1070. The number of halogens is 3. The minimum Gasteiger partial charge on any atom is -0.439 e. The third kappa shape index (κ3) is 5.66. The van der Waals surface area contributed by atoms with Crippen molar-refractivity contribution in [1.82, 2.24) is 15.0 Å². The van der Waals surface area contributed by atoms with Crippen LogP contribution >= 0.6 is 0 Å². The monoisotopic (exact) mass is 432 g/mol. The summed E-state index contributed by atoms with van der Waals surface area (Å²) in [5, 5.41) is 3.05. The van der Waals surface area contributed by atoms with Crippen LogP contribution in [-0.4, -0.2) is 33.4 Å². The standard InChI is InChI=1S/C20H19F3N6O2/c1-11(10-24)26-16-9-14(18(25)30)27-19(29-16)12-5-7-13(8-6-12)31-17-4-2-3-15(28-17)20(21,22)23/h2-9,11H,10,24H2,1H3,(H2,25,30)(H,26,27,29)/t11-/m0/s1. The van der Waals surface area contributed by atoms with Crippen LogP contribution in [0.15, 0.2) is 48.5 Å². The summed E-state index contributed by atoms with van der Waals surface area (Å²) in [6.45, 7) is 2.19. The SMILES string of the molecule is C[C@@H](CN)Nc1cc(C(N)=O)nc(-c2ccc(Oc3cccc(C(F)(F)F)n3)cc2)n1. The summed E-state index contributed by atoms with van der Waals surface area (Å²) >= 11 is 0. The van der Waals surface area contributed by atoms with Crippen molar-refractivity contribution in [3.63, 3.8) is 0 Å². The molecule has 2 aromatic heterocycles. The first kappa shape index (κ1) is 22.0. The minimum atomic E-state index is -4.57. The molecule has 0 bridgehead atoms. The van der Waals surface area contributed by atoms with Gasteiger partial charge in [0.2, 0.25) is 5.88 Å². The summed E-state index contributed by atoms with van der Waals surface area (Å²) in [4.78, 5) is 23.6. The van der Waals surface area contributed by atoms with E-state index in [-0.39, 0.29) is 29.2 Å². The van der Waals surface area contributed by atoms with E-state index in [0.29, 0.717) is 17.9 Å². The lowest BCUT2D eigenvalue weighted by molar-refractivity contribution is -0.141. The second-order valence-corrected chi connectivity index (χ2v) is 6.59. The highest BCUT2D eigenvalue weighted by Crippen LogP contribution is 2.30. The second-order valence-electron chi connectivity index (χ2n) is 6.59. The summed E-state index contributed by atoms with van der Waals surface area (Å²) in [6, 6.07) is 10.9. The van der Waals surface area contributed by atoms with Gasteiger partial charge in [0.15, 0.2) is 5.82 Å². The van der Waals surface area contributed by atoms with Gasteiger partial charge >= 0.3 is 6.18 Å². The Morgan fingerprint density at radius 2 is 1.84 bits per heavy atom. The van der Waals surface area contributed by atoms with Gasteiger partial charge in [0.05, 0.1) is 0 Å². The summed E-state index contributed by atoms with van der Waals surface area (Å²) < 4.78 is 43.8. The fourth-order valence-electron chi connectivity index (χ4n) is 2.51. The van der Waals surface area contributed by atoms with Crippen LogP contribution in [0.5, 0.6) is 11.6 Å². The van der Waals surface area contributed by atoms with E-state index >= 15 is 0 Å². The first-order valence-corrected chi connectivity index (χ1v) is 9.13. The number of carbonyl (C=O) groups excluding carboxylic acids is 1. The molecule has 11 heteroatoms. The quantitative estimate of drug-likeness (QED) is 0.523. The Balaban J connectivity index is 1.85. The molecule has 1 amide bonds. The first-order chi connectivity index (χ1) is 14.7. The molecule has 0 aliphatic carbocycles. The number of amides is 1. The van der Waals surface area contributed by atoms with E-state index in [4.69, 9.17) is 16.2 Å². The molecule has 1 atom stereocenters. The maximum atomic E-state index is 12.8. The van der Waals surface area contributed by atoms with Crippen LogP contribution < -0.4 is 21.5 Å². The highest BCUT2D eigenvalue weighted by atomic mass is 19.4. The van der Waals surface area contributed by atoms with Crippen LogP contribution in [0.3, 0.4) is 0 Å². The molecule has 0 unspecified atom stereocenters. The number of ether oxygens (including phenoxy) is 1. The highest BCUT2D eigenvalue weighted by Gasteiger charge is 2.32. The van der Waals surface area contributed by atoms with E-state index in [0.717, 1.165) is 6.07 Å². The van der Waals surface area contributed by atoms with Crippen LogP contribution in [0.2, 0.25) is 0 Å². The number of nitrogens with two attached hydrogens (primary N) is 2. The highest BCUT2D eigenvalue weighted by molar-refractivity contribution is 5.92. The minimum absolute atomic E-state index is 0.0187. The number of aromatic nitrogens is 3. The van der Waals surface area contributed by atoms with Crippen LogP contribution in [0.25, 0.3) is 11.4 Å².